The summed E-state index contributed by atoms with van der Waals surface area (Å²) < 4.78 is 2.55. The number of rotatable bonds is 2. The molecule has 0 N–H and O–H groups in total. The van der Waals surface area contributed by atoms with E-state index in [1.807, 2.05) is 36.4 Å². The third kappa shape index (κ3) is 2.57. The van der Waals surface area contributed by atoms with Crippen molar-refractivity contribution < 1.29 is 21.2 Å². The Labute approximate surface area is 99.6 Å². The normalized spacial score (nSPS) is 9.53. The fourth-order valence-corrected chi connectivity index (χ4v) is 3.65. The summed E-state index contributed by atoms with van der Waals surface area (Å²) in [6.45, 7) is 0. The largest absolute Gasteiger partial charge is 0.359 e. The van der Waals surface area contributed by atoms with Crippen LogP contribution >= 0.6 is 0 Å². The van der Waals surface area contributed by atoms with Gasteiger partial charge in [0.15, 0.2) is 3.57 Å². The second-order valence-corrected chi connectivity index (χ2v) is 5.93. The molecule has 0 heterocycles. The molecule has 2 aromatic carbocycles. The Morgan fingerprint density at radius 2 is 1.53 bits per heavy atom. The van der Waals surface area contributed by atoms with Crippen LogP contribution in [0.1, 0.15) is 5.56 Å². The van der Waals surface area contributed by atoms with Gasteiger partial charge in [-0.05, 0) is 24.3 Å². The summed E-state index contributed by atoms with van der Waals surface area (Å²) in [5, 5.41) is 8.96. The van der Waals surface area contributed by atoms with E-state index in [0.29, 0.717) is 0 Å². The summed E-state index contributed by atoms with van der Waals surface area (Å²) in [5.41, 5.74) is 0.814. The van der Waals surface area contributed by atoms with E-state index in [9.17, 15) is 0 Å². The predicted octanol–water partition coefficient (Wildman–Crippen LogP) is -0.313. The molecule has 0 bridgehead atoms. The molecule has 0 fully saturated rings. The highest BCUT2D eigenvalue weighted by Gasteiger charge is 2.18. The molecule has 15 heavy (non-hydrogen) atoms. The van der Waals surface area contributed by atoms with Crippen molar-refractivity contribution in [1.29, 1.82) is 5.26 Å². The van der Waals surface area contributed by atoms with Gasteiger partial charge in [0.05, 0.1) is 0 Å². The zero-order chi connectivity index (χ0) is 10.5. The molecule has 0 saturated carbocycles. The van der Waals surface area contributed by atoms with E-state index < -0.39 is 0 Å². The number of hydrogen-bond donors (Lipinski definition) is 0. The molecular weight excluding hydrogens is 297 g/mol. The van der Waals surface area contributed by atoms with Gasteiger partial charge >= 0.3 is 21.2 Å². The minimum Gasteiger partial charge on any atom is -0.192 e. The smallest absolute Gasteiger partial charge is 0.192 e. The Bertz CT molecular complexity index is 485. The first-order valence-corrected chi connectivity index (χ1v) is 6.75. The highest BCUT2D eigenvalue weighted by molar-refractivity contribution is 5.27. The zero-order valence-electron chi connectivity index (χ0n) is 8.02. The van der Waals surface area contributed by atoms with E-state index >= 15 is 0 Å². The lowest BCUT2D eigenvalue weighted by molar-refractivity contribution is -0.597. The number of nitriles is 1. The lowest BCUT2D eigenvalue weighted by Crippen LogP contribution is -3.61. The Kier molecular flexibility index (Phi) is 3.36. The fraction of sp³-hybridized carbons (Fsp3) is 0. The van der Waals surface area contributed by atoms with Crippen molar-refractivity contribution in [3.05, 3.63) is 67.3 Å². The second kappa shape index (κ2) is 4.94. The van der Waals surface area contributed by atoms with Crippen LogP contribution in [0.3, 0.4) is 0 Å². The summed E-state index contributed by atoms with van der Waals surface area (Å²) in [6, 6.07) is 20.5. The molecule has 0 amide bonds. The maximum atomic E-state index is 8.96. The molecule has 0 radical (unpaired) electrons. The number of benzene rings is 2. The van der Waals surface area contributed by atoms with Gasteiger partial charge in [-0.15, -0.1) is 0 Å². The van der Waals surface area contributed by atoms with Gasteiger partial charge in [0.2, 0.25) is 3.57 Å². The highest BCUT2D eigenvalue weighted by atomic mass is 127. The van der Waals surface area contributed by atoms with Crippen molar-refractivity contribution >= 4 is 0 Å². The molecule has 2 rings (SSSR count). The standard InChI is InChI=1S/C13H9IN/c15-10-11-6-4-5-9-13(11)14-12-7-2-1-3-8-12/h1-9H/q+1. The first-order valence-electron chi connectivity index (χ1n) is 4.59. The first kappa shape index (κ1) is 10.2. The molecule has 0 atom stereocenters. The third-order valence-corrected chi connectivity index (χ3v) is 4.80. The number of hydrogen-bond acceptors (Lipinski definition) is 1. The Hall–Kier alpha value is -1.34. The van der Waals surface area contributed by atoms with Crippen LogP contribution in [0, 0.1) is 18.5 Å². The quantitative estimate of drug-likeness (QED) is 0.698. The van der Waals surface area contributed by atoms with Gasteiger partial charge in [-0.3, -0.25) is 0 Å². The average molecular weight is 306 g/mol. The van der Waals surface area contributed by atoms with E-state index in [4.69, 9.17) is 5.26 Å². The molecule has 0 saturated heterocycles. The van der Waals surface area contributed by atoms with Gasteiger partial charge in [-0.1, -0.05) is 30.3 Å². The van der Waals surface area contributed by atoms with Gasteiger partial charge in [-0.2, -0.15) is 5.26 Å². The monoisotopic (exact) mass is 306 g/mol. The molecular formula is C13H9IN+. The molecule has 0 aliphatic rings. The van der Waals surface area contributed by atoms with E-state index in [2.05, 4.69) is 24.3 Å². The fourth-order valence-electron chi connectivity index (χ4n) is 1.23. The van der Waals surface area contributed by atoms with E-state index in [1.165, 1.54) is 7.14 Å². The van der Waals surface area contributed by atoms with Crippen molar-refractivity contribution in [2.45, 2.75) is 0 Å². The first-order chi connectivity index (χ1) is 7.40. The molecule has 0 spiro atoms. The minimum atomic E-state index is -0.222. The minimum absolute atomic E-state index is 0.222. The van der Waals surface area contributed by atoms with Crippen molar-refractivity contribution in [3.63, 3.8) is 0 Å². The summed E-state index contributed by atoms with van der Waals surface area (Å²) in [4.78, 5) is 0. The topological polar surface area (TPSA) is 23.8 Å². The summed E-state index contributed by atoms with van der Waals surface area (Å²) in [7, 11) is 0. The van der Waals surface area contributed by atoms with Crippen molar-refractivity contribution in [2.75, 3.05) is 0 Å². The van der Waals surface area contributed by atoms with Crippen LogP contribution < -0.4 is 21.2 Å². The summed E-state index contributed by atoms with van der Waals surface area (Å²) in [5.74, 6) is 0. The van der Waals surface area contributed by atoms with Gasteiger partial charge in [0.1, 0.15) is 11.6 Å². The molecule has 72 valence electrons. The Morgan fingerprint density at radius 1 is 0.867 bits per heavy atom. The average Bonchev–Trinajstić information content (AvgIpc) is 2.31. The van der Waals surface area contributed by atoms with Crippen molar-refractivity contribution in [1.82, 2.24) is 0 Å². The van der Waals surface area contributed by atoms with Crippen LogP contribution in [-0.2, 0) is 0 Å². The van der Waals surface area contributed by atoms with Gasteiger partial charge in [-0.25, -0.2) is 0 Å². The van der Waals surface area contributed by atoms with Gasteiger partial charge < -0.3 is 0 Å². The predicted molar refractivity (Wildman–Crippen MR) is 55.0 cm³/mol. The van der Waals surface area contributed by atoms with Crippen LogP contribution in [0.25, 0.3) is 0 Å². The van der Waals surface area contributed by atoms with Crippen LogP contribution in [0.4, 0.5) is 0 Å². The lowest BCUT2D eigenvalue weighted by atomic mass is 10.2. The number of halogens is 1. The SMILES string of the molecule is N#Cc1ccccc1[I+]c1ccccc1. The Morgan fingerprint density at radius 3 is 2.27 bits per heavy atom. The third-order valence-electron chi connectivity index (χ3n) is 1.94. The Balaban J connectivity index is 2.29. The highest BCUT2D eigenvalue weighted by Crippen LogP contribution is 1.95. The van der Waals surface area contributed by atoms with Gasteiger partial charge in [0.25, 0.3) is 0 Å². The summed E-state index contributed by atoms with van der Waals surface area (Å²) >= 11 is -0.222. The second-order valence-electron chi connectivity index (χ2n) is 2.98. The van der Waals surface area contributed by atoms with Crippen molar-refractivity contribution in [2.24, 2.45) is 0 Å². The zero-order valence-corrected chi connectivity index (χ0v) is 10.2. The molecule has 2 heteroatoms. The van der Waals surface area contributed by atoms with Crippen LogP contribution in [0.15, 0.2) is 54.6 Å². The molecule has 0 aliphatic carbocycles. The van der Waals surface area contributed by atoms with Gasteiger partial charge in [0, 0.05) is 0 Å². The maximum absolute atomic E-state index is 8.96. The van der Waals surface area contributed by atoms with E-state index in [1.54, 1.807) is 0 Å². The van der Waals surface area contributed by atoms with Crippen LogP contribution in [-0.4, -0.2) is 0 Å². The summed E-state index contributed by atoms with van der Waals surface area (Å²) in [6.07, 6.45) is 0. The molecule has 0 unspecified atom stereocenters. The van der Waals surface area contributed by atoms with Crippen LogP contribution in [0.5, 0.6) is 0 Å². The van der Waals surface area contributed by atoms with Crippen molar-refractivity contribution in [3.8, 4) is 6.07 Å². The maximum Gasteiger partial charge on any atom is 0.359 e. The lowest BCUT2D eigenvalue weighted by Gasteiger charge is -1.88. The van der Waals surface area contributed by atoms with Crippen LogP contribution in [0.2, 0.25) is 0 Å². The van der Waals surface area contributed by atoms with E-state index in [-0.39, 0.29) is 21.2 Å². The molecule has 0 aliphatic heterocycles. The molecule has 1 nitrogen and oxygen atoms in total. The molecule has 2 aromatic rings. The van der Waals surface area contributed by atoms with E-state index in [0.717, 1.165) is 5.56 Å². The number of nitrogens with zero attached hydrogens (tertiary/aromatic N) is 1. The molecule has 0 aromatic heterocycles.